The van der Waals surface area contributed by atoms with Gasteiger partial charge in [-0.3, -0.25) is 14.5 Å². The summed E-state index contributed by atoms with van der Waals surface area (Å²) < 4.78 is 37.6. The molecule has 0 spiro atoms. The molecule has 178 valence electrons. The topological polar surface area (TPSA) is 77.7 Å². The minimum Gasteiger partial charge on any atom is -0.395 e. The number of amides is 1. The lowest BCUT2D eigenvalue weighted by atomic mass is 9.96. The zero-order valence-electron chi connectivity index (χ0n) is 19.2. The summed E-state index contributed by atoms with van der Waals surface area (Å²) in [4.78, 5) is 17.2. The summed E-state index contributed by atoms with van der Waals surface area (Å²) in [7, 11) is 0. The predicted molar refractivity (Wildman–Crippen MR) is 122 cm³/mol. The third-order valence-electron chi connectivity index (χ3n) is 5.20. The van der Waals surface area contributed by atoms with Gasteiger partial charge in [0.25, 0.3) is 5.91 Å². The minimum absolute atomic E-state index is 0.103. The number of hydrogen-bond acceptors (Lipinski definition) is 5. The van der Waals surface area contributed by atoms with E-state index in [1.54, 1.807) is 17.7 Å². The van der Waals surface area contributed by atoms with E-state index in [0.29, 0.717) is 35.6 Å². The van der Waals surface area contributed by atoms with Crippen molar-refractivity contribution in [3.8, 4) is 11.5 Å². The number of aliphatic imine (C=N–C) groups is 1. The Labute approximate surface area is 196 Å². The number of aromatic nitrogens is 2. The molecule has 0 saturated heterocycles. The molecule has 1 atom stereocenters. The molecular formula is C23H27ClF2N4O3. The van der Waals surface area contributed by atoms with Gasteiger partial charge in [0.2, 0.25) is 0 Å². The average Bonchev–Trinajstić information content (AvgIpc) is 3.27. The number of fused-ring (bicyclic) bond motifs is 1. The van der Waals surface area contributed by atoms with Crippen molar-refractivity contribution in [1.29, 1.82) is 0 Å². The summed E-state index contributed by atoms with van der Waals surface area (Å²) in [6.07, 6.45) is -0.780. The van der Waals surface area contributed by atoms with E-state index >= 15 is 0 Å². The van der Waals surface area contributed by atoms with E-state index in [9.17, 15) is 13.6 Å². The molecule has 3 rings (SSSR count). The summed E-state index contributed by atoms with van der Waals surface area (Å²) in [5, 5.41) is 7.30. The van der Waals surface area contributed by atoms with Gasteiger partial charge in [0.15, 0.2) is 11.5 Å². The number of alkyl halides is 2. The van der Waals surface area contributed by atoms with E-state index in [4.69, 9.17) is 11.6 Å². The van der Waals surface area contributed by atoms with Crippen LogP contribution in [0.3, 0.4) is 0 Å². The Bertz CT molecular complexity index is 1110. The second-order valence-corrected chi connectivity index (χ2v) is 8.40. The van der Waals surface area contributed by atoms with Crippen LogP contribution in [-0.4, -0.2) is 27.7 Å². The number of nitrogens with one attached hydrogen (secondary N) is 1. The van der Waals surface area contributed by atoms with Gasteiger partial charge in [0.05, 0.1) is 10.7 Å². The lowest BCUT2D eigenvalue weighted by Gasteiger charge is -2.13. The first-order valence-electron chi connectivity index (χ1n) is 10.7. The molecule has 0 aliphatic carbocycles. The first kappa shape index (κ1) is 24.7. The van der Waals surface area contributed by atoms with Crippen molar-refractivity contribution in [1.82, 2.24) is 15.1 Å². The van der Waals surface area contributed by atoms with Gasteiger partial charge in [-0.05, 0) is 45.2 Å². The summed E-state index contributed by atoms with van der Waals surface area (Å²) in [5.74, 6) is -0.267. The monoisotopic (exact) mass is 480 g/mol. The number of rotatable bonds is 8. The molecule has 7 nitrogen and oxygen atoms in total. The van der Waals surface area contributed by atoms with Crippen LogP contribution in [0.1, 0.15) is 62.3 Å². The molecule has 0 bridgehead atoms. The molecule has 1 aliphatic rings. The molecule has 1 aromatic carbocycles. The molecule has 33 heavy (non-hydrogen) atoms. The van der Waals surface area contributed by atoms with Crippen molar-refractivity contribution < 1.29 is 23.0 Å². The van der Waals surface area contributed by atoms with Gasteiger partial charge in [0.1, 0.15) is 5.69 Å². The van der Waals surface area contributed by atoms with Crippen molar-refractivity contribution in [2.75, 3.05) is 0 Å². The van der Waals surface area contributed by atoms with E-state index in [1.165, 1.54) is 18.3 Å². The molecule has 0 radical (unpaired) electrons. The van der Waals surface area contributed by atoms with Crippen LogP contribution in [0.4, 0.5) is 8.78 Å². The molecule has 1 amide bonds. The number of hydrogen-bond donors (Lipinski definition) is 1. The highest BCUT2D eigenvalue weighted by molar-refractivity contribution is 6.34. The van der Waals surface area contributed by atoms with Crippen LogP contribution in [0.25, 0.3) is 0 Å². The van der Waals surface area contributed by atoms with E-state index in [0.717, 1.165) is 12.1 Å². The van der Waals surface area contributed by atoms with Gasteiger partial charge in [-0.15, -0.1) is 8.78 Å². The molecule has 0 fully saturated rings. The van der Waals surface area contributed by atoms with Gasteiger partial charge in [-0.1, -0.05) is 31.9 Å². The predicted octanol–water partition coefficient (Wildman–Crippen LogP) is 5.70. The molecule has 1 N–H and O–H groups in total. The van der Waals surface area contributed by atoms with Crippen molar-refractivity contribution in [3.63, 3.8) is 0 Å². The average molecular weight is 481 g/mol. The summed E-state index contributed by atoms with van der Waals surface area (Å²) in [5.41, 5.74) is 2.75. The number of ether oxygens (including phenoxy) is 2. The van der Waals surface area contributed by atoms with Crippen LogP contribution >= 0.6 is 11.6 Å². The Balaban J connectivity index is 1.89. The highest BCUT2D eigenvalue weighted by Gasteiger charge is 2.44. The molecule has 1 unspecified atom stereocenters. The van der Waals surface area contributed by atoms with Crippen LogP contribution in [-0.2, 0) is 6.54 Å². The highest BCUT2D eigenvalue weighted by atomic mass is 35.5. The van der Waals surface area contributed by atoms with Gasteiger partial charge in [-0.25, -0.2) is 0 Å². The Morgan fingerprint density at radius 1 is 1.30 bits per heavy atom. The minimum atomic E-state index is -3.73. The lowest BCUT2D eigenvalue weighted by Crippen LogP contribution is -2.25. The molecule has 2 aromatic rings. The third-order valence-corrected chi connectivity index (χ3v) is 5.51. The molecule has 0 saturated carbocycles. The van der Waals surface area contributed by atoms with Crippen molar-refractivity contribution in [2.45, 2.75) is 60.3 Å². The second-order valence-electron chi connectivity index (χ2n) is 7.99. The van der Waals surface area contributed by atoms with Crippen molar-refractivity contribution >= 4 is 23.2 Å². The number of aryl methyl sites for hydroxylation is 2. The zero-order valence-corrected chi connectivity index (χ0v) is 20.0. The van der Waals surface area contributed by atoms with E-state index in [1.807, 2.05) is 20.8 Å². The number of carbonyl (C=O) groups excluding carboxylic acids is 1. The maximum absolute atomic E-state index is 13.5. The SMILES string of the molecule is CCC(C)CC(=N/C=C(\C)NC(=O)c1cc(C)nn1CC)c1cc2c(cc1Cl)OC(F)(F)O2. The molecule has 1 aromatic heterocycles. The van der Waals surface area contributed by atoms with Crippen LogP contribution in [0, 0.1) is 12.8 Å². The summed E-state index contributed by atoms with van der Waals surface area (Å²) in [6.45, 7) is 10.1. The quantitative estimate of drug-likeness (QED) is 0.491. The number of halogens is 3. The number of benzene rings is 1. The molecule has 2 heterocycles. The Morgan fingerprint density at radius 2 is 1.97 bits per heavy atom. The Kier molecular flexibility index (Phi) is 7.41. The first-order valence-corrected chi connectivity index (χ1v) is 11.1. The molecule has 1 aliphatic heterocycles. The molecular weight excluding hydrogens is 454 g/mol. The van der Waals surface area contributed by atoms with E-state index in [2.05, 4.69) is 31.8 Å². The maximum atomic E-state index is 13.5. The van der Waals surface area contributed by atoms with E-state index < -0.39 is 6.29 Å². The second kappa shape index (κ2) is 9.91. The zero-order chi connectivity index (χ0) is 24.3. The maximum Gasteiger partial charge on any atom is 0.586 e. The van der Waals surface area contributed by atoms with Gasteiger partial charge in [-0.2, -0.15) is 5.10 Å². The first-order chi connectivity index (χ1) is 15.5. The molecule has 10 heteroatoms. The number of allylic oxidation sites excluding steroid dienone is 1. The van der Waals surface area contributed by atoms with Crippen molar-refractivity contribution in [3.05, 3.63) is 52.1 Å². The lowest BCUT2D eigenvalue weighted by molar-refractivity contribution is -0.286. The van der Waals surface area contributed by atoms with Gasteiger partial charge in [0, 0.05) is 35.8 Å². The standard InChI is InChI=1S/C23H27ClF2N4O3/c1-6-13(3)8-18(16-10-20-21(11-17(16)24)33-23(25,26)32-20)27-12-15(5)28-22(31)19-9-14(4)29-30(19)7-2/h9-13H,6-8H2,1-5H3,(H,28,31)/b15-12+,27-18?. The summed E-state index contributed by atoms with van der Waals surface area (Å²) >= 11 is 6.38. The van der Waals surface area contributed by atoms with Crippen LogP contribution in [0.15, 0.2) is 35.1 Å². The number of carbonyl (C=O) groups is 1. The fourth-order valence-corrected chi connectivity index (χ4v) is 3.58. The fourth-order valence-electron chi connectivity index (χ4n) is 3.32. The third kappa shape index (κ3) is 5.90. The van der Waals surface area contributed by atoms with E-state index in [-0.39, 0.29) is 28.3 Å². The highest BCUT2D eigenvalue weighted by Crippen LogP contribution is 2.44. The van der Waals surface area contributed by atoms with Gasteiger partial charge < -0.3 is 14.8 Å². The largest absolute Gasteiger partial charge is 0.586 e. The van der Waals surface area contributed by atoms with Gasteiger partial charge >= 0.3 is 6.29 Å². The smallest absolute Gasteiger partial charge is 0.395 e. The van der Waals surface area contributed by atoms with Crippen molar-refractivity contribution in [2.24, 2.45) is 10.9 Å². The Hall–Kier alpha value is -2.94. The summed E-state index contributed by atoms with van der Waals surface area (Å²) in [6, 6.07) is 4.42. The van der Waals surface area contributed by atoms with Crippen LogP contribution < -0.4 is 14.8 Å². The number of nitrogens with zero attached hydrogens (tertiary/aromatic N) is 3. The fraction of sp³-hybridized carbons (Fsp3) is 0.435. The Morgan fingerprint density at radius 3 is 2.61 bits per heavy atom. The normalized spacial score (nSPS) is 16.1. The van der Waals surface area contributed by atoms with Crippen LogP contribution in [0.5, 0.6) is 11.5 Å². The van der Waals surface area contributed by atoms with Crippen LogP contribution in [0.2, 0.25) is 5.02 Å².